The van der Waals surface area contributed by atoms with Crippen molar-refractivity contribution in [3.63, 3.8) is 0 Å². The van der Waals surface area contributed by atoms with Gasteiger partial charge in [0, 0.05) is 44.4 Å². The lowest BCUT2D eigenvalue weighted by molar-refractivity contribution is -0.147. The lowest BCUT2D eigenvalue weighted by atomic mass is 10.0. The molecule has 2 aliphatic heterocycles. The molecule has 1 aromatic rings. The predicted octanol–water partition coefficient (Wildman–Crippen LogP) is -0.234. The summed E-state index contributed by atoms with van der Waals surface area (Å²) in [5.41, 5.74) is 0. The Hall–Kier alpha value is -1.90. The average molecular weight is 368 g/mol. The molecule has 2 fully saturated rings. The molecule has 2 atom stereocenters. The van der Waals surface area contributed by atoms with E-state index in [1.807, 2.05) is 13.8 Å². The third-order valence-electron chi connectivity index (χ3n) is 4.89. The van der Waals surface area contributed by atoms with Gasteiger partial charge in [-0.1, -0.05) is 13.8 Å². The minimum absolute atomic E-state index is 0.0456. The number of nitrogens with zero attached hydrogens (tertiary/aromatic N) is 4. The molecule has 0 aromatic carbocycles. The van der Waals surface area contributed by atoms with Crippen molar-refractivity contribution in [1.29, 1.82) is 0 Å². The molecule has 9 heteroatoms. The third kappa shape index (κ3) is 3.70. The molecule has 3 heterocycles. The molecule has 0 bridgehead atoms. The summed E-state index contributed by atoms with van der Waals surface area (Å²) in [4.78, 5) is 28.4. The number of piperazine rings is 1. The first kappa shape index (κ1) is 17.9. The lowest BCUT2D eigenvalue weighted by Gasteiger charge is -2.44. The van der Waals surface area contributed by atoms with Crippen molar-refractivity contribution in [3.8, 4) is 0 Å². The van der Waals surface area contributed by atoms with Gasteiger partial charge in [0.15, 0.2) is 9.84 Å². The van der Waals surface area contributed by atoms with Gasteiger partial charge in [-0.3, -0.25) is 14.3 Å². The molecule has 2 saturated heterocycles. The zero-order chi connectivity index (χ0) is 18.2. The van der Waals surface area contributed by atoms with Gasteiger partial charge in [0.25, 0.3) is 0 Å². The minimum atomic E-state index is -3.25. The number of fused-ring (bicyclic) bond motifs is 1. The fourth-order valence-corrected chi connectivity index (χ4v) is 5.64. The Morgan fingerprint density at radius 2 is 1.80 bits per heavy atom. The Kier molecular flexibility index (Phi) is 4.86. The van der Waals surface area contributed by atoms with E-state index in [9.17, 15) is 18.0 Å². The molecular weight excluding hydrogens is 344 g/mol. The standard InChI is InChI=1S/C16H24N4O4S/c1-12(2)16(22)20-9-8-19(13-10-25(23,24)11-14(13)20)15(21)4-7-18-6-3-5-17-18/h3,5-6,12-14H,4,7-11H2,1-2H3/t13-,14+/m0/s1. The monoisotopic (exact) mass is 368 g/mol. The van der Waals surface area contributed by atoms with E-state index in [4.69, 9.17) is 0 Å². The summed E-state index contributed by atoms with van der Waals surface area (Å²) in [6, 6.07) is 0.925. The zero-order valence-electron chi connectivity index (χ0n) is 14.5. The number of hydrogen-bond acceptors (Lipinski definition) is 5. The van der Waals surface area contributed by atoms with E-state index in [2.05, 4.69) is 5.10 Å². The van der Waals surface area contributed by atoms with Crippen LogP contribution in [0.1, 0.15) is 20.3 Å². The summed E-state index contributed by atoms with van der Waals surface area (Å²) >= 11 is 0. The van der Waals surface area contributed by atoms with Gasteiger partial charge in [-0.25, -0.2) is 8.42 Å². The molecule has 2 aliphatic rings. The maximum atomic E-state index is 12.6. The number of carbonyl (C=O) groups is 2. The lowest BCUT2D eigenvalue weighted by Crippen LogP contribution is -2.62. The Morgan fingerprint density at radius 1 is 1.16 bits per heavy atom. The summed E-state index contributed by atoms with van der Waals surface area (Å²) in [5, 5.41) is 4.07. The number of carbonyl (C=O) groups excluding carboxylic acids is 2. The molecule has 0 N–H and O–H groups in total. The normalized spacial score (nSPS) is 25.2. The molecule has 1 aromatic heterocycles. The summed E-state index contributed by atoms with van der Waals surface area (Å²) in [6.07, 6.45) is 3.71. The van der Waals surface area contributed by atoms with Crippen LogP contribution in [0.5, 0.6) is 0 Å². The number of sulfone groups is 1. The van der Waals surface area contributed by atoms with Crippen molar-refractivity contribution in [2.45, 2.75) is 38.9 Å². The number of hydrogen-bond donors (Lipinski definition) is 0. The Balaban J connectivity index is 1.74. The molecule has 3 rings (SSSR count). The van der Waals surface area contributed by atoms with Gasteiger partial charge in [0.05, 0.1) is 23.6 Å². The highest BCUT2D eigenvalue weighted by Crippen LogP contribution is 2.28. The second-order valence-electron chi connectivity index (χ2n) is 7.00. The van der Waals surface area contributed by atoms with Crippen LogP contribution in [0.3, 0.4) is 0 Å². The number of aryl methyl sites for hydroxylation is 1. The van der Waals surface area contributed by atoms with Gasteiger partial charge >= 0.3 is 0 Å². The van der Waals surface area contributed by atoms with E-state index in [-0.39, 0.29) is 35.7 Å². The second kappa shape index (κ2) is 6.78. The highest BCUT2D eigenvalue weighted by Gasteiger charge is 2.49. The molecule has 2 amide bonds. The summed E-state index contributed by atoms with van der Waals surface area (Å²) in [6.45, 7) is 4.85. The van der Waals surface area contributed by atoms with Gasteiger partial charge < -0.3 is 9.80 Å². The maximum Gasteiger partial charge on any atom is 0.225 e. The maximum absolute atomic E-state index is 12.6. The van der Waals surface area contributed by atoms with Crippen LogP contribution in [0.2, 0.25) is 0 Å². The predicted molar refractivity (Wildman–Crippen MR) is 91.3 cm³/mol. The molecule has 0 spiro atoms. The van der Waals surface area contributed by atoms with Gasteiger partial charge in [0.2, 0.25) is 11.8 Å². The first-order valence-corrected chi connectivity index (χ1v) is 10.4. The van der Waals surface area contributed by atoms with Crippen molar-refractivity contribution in [1.82, 2.24) is 19.6 Å². The fraction of sp³-hybridized carbons (Fsp3) is 0.688. The first-order chi connectivity index (χ1) is 11.8. The molecule has 138 valence electrons. The van der Waals surface area contributed by atoms with E-state index >= 15 is 0 Å². The summed E-state index contributed by atoms with van der Waals surface area (Å²) < 4.78 is 26.0. The van der Waals surface area contributed by atoms with Crippen molar-refractivity contribution in [3.05, 3.63) is 18.5 Å². The van der Waals surface area contributed by atoms with E-state index in [0.29, 0.717) is 19.6 Å². The van der Waals surface area contributed by atoms with Crippen LogP contribution < -0.4 is 0 Å². The molecule has 0 unspecified atom stereocenters. The Labute approximate surface area is 147 Å². The van der Waals surface area contributed by atoms with E-state index < -0.39 is 21.9 Å². The Bertz CT molecular complexity index is 744. The van der Waals surface area contributed by atoms with Crippen LogP contribution in [0.15, 0.2) is 18.5 Å². The highest BCUT2D eigenvalue weighted by atomic mass is 32.2. The van der Waals surface area contributed by atoms with Crippen LogP contribution in [-0.4, -0.2) is 76.5 Å². The molecular formula is C16H24N4O4S. The number of rotatable bonds is 4. The van der Waals surface area contributed by atoms with Gasteiger partial charge in [-0.2, -0.15) is 5.10 Å². The molecule has 0 saturated carbocycles. The van der Waals surface area contributed by atoms with Crippen LogP contribution in [0.4, 0.5) is 0 Å². The molecule has 8 nitrogen and oxygen atoms in total. The van der Waals surface area contributed by atoms with Crippen molar-refractivity contribution >= 4 is 21.7 Å². The summed E-state index contributed by atoms with van der Waals surface area (Å²) in [5.74, 6) is -0.437. The quantitative estimate of drug-likeness (QED) is 0.732. The van der Waals surface area contributed by atoms with Crippen LogP contribution in [0, 0.1) is 5.92 Å². The number of aromatic nitrogens is 2. The fourth-order valence-electron chi connectivity index (χ4n) is 3.65. The second-order valence-corrected chi connectivity index (χ2v) is 9.16. The van der Waals surface area contributed by atoms with Crippen LogP contribution >= 0.6 is 0 Å². The van der Waals surface area contributed by atoms with Gasteiger partial charge in [-0.05, 0) is 6.07 Å². The third-order valence-corrected chi connectivity index (χ3v) is 6.59. The first-order valence-electron chi connectivity index (χ1n) is 8.56. The van der Waals surface area contributed by atoms with Crippen molar-refractivity contribution in [2.24, 2.45) is 5.92 Å². The van der Waals surface area contributed by atoms with Crippen molar-refractivity contribution in [2.75, 3.05) is 24.6 Å². The van der Waals surface area contributed by atoms with E-state index in [1.165, 1.54) is 0 Å². The van der Waals surface area contributed by atoms with E-state index in [0.717, 1.165) is 0 Å². The van der Waals surface area contributed by atoms with Crippen LogP contribution in [0.25, 0.3) is 0 Å². The smallest absolute Gasteiger partial charge is 0.225 e. The summed E-state index contributed by atoms with van der Waals surface area (Å²) in [7, 11) is -3.25. The Morgan fingerprint density at radius 3 is 2.40 bits per heavy atom. The SMILES string of the molecule is CC(C)C(=O)N1CCN(C(=O)CCn2cccn2)[C@H]2CS(=O)(=O)C[C@H]21. The largest absolute Gasteiger partial charge is 0.335 e. The van der Waals surface area contributed by atoms with Crippen molar-refractivity contribution < 1.29 is 18.0 Å². The van der Waals surface area contributed by atoms with Crippen LogP contribution in [-0.2, 0) is 26.0 Å². The van der Waals surface area contributed by atoms with Gasteiger partial charge in [0.1, 0.15) is 0 Å². The zero-order valence-corrected chi connectivity index (χ0v) is 15.4. The molecule has 0 aliphatic carbocycles. The number of amides is 2. The van der Waals surface area contributed by atoms with Gasteiger partial charge in [-0.15, -0.1) is 0 Å². The molecule has 0 radical (unpaired) electrons. The molecule has 25 heavy (non-hydrogen) atoms. The minimum Gasteiger partial charge on any atom is -0.335 e. The van der Waals surface area contributed by atoms with E-state index in [1.54, 1.807) is 32.9 Å². The highest BCUT2D eigenvalue weighted by molar-refractivity contribution is 7.91. The topological polar surface area (TPSA) is 92.6 Å². The average Bonchev–Trinajstić information content (AvgIpc) is 3.16.